The fraction of sp³-hybridized carbons (Fsp3) is 0.286. The number of methoxy groups -OCH3 is 2. The molecule has 20 heavy (non-hydrogen) atoms. The molecule has 0 aliphatic rings. The Kier molecular flexibility index (Phi) is 4.24. The molecule has 0 aliphatic heterocycles. The van der Waals surface area contributed by atoms with Crippen LogP contribution in [-0.4, -0.2) is 30.3 Å². The van der Waals surface area contributed by atoms with Crippen molar-refractivity contribution in [2.75, 3.05) is 19.5 Å². The summed E-state index contributed by atoms with van der Waals surface area (Å²) in [5.74, 6) is 1.10. The summed E-state index contributed by atoms with van der Waals surface area (Å²) in [5.41, 5.74) is 1.35. The maximum Gasteiger partial charge on any atom is 0.260 e. The molecule has 0 aliphatic carbocycles. The summed E-state index contributed by atoms with van der Waals surface area (Å²) in [6.45, 7) is 2.00. The van der Waals surface area contributed by atoms with Crippen molar-refractivity contribution in [3.63, 3.8) is 0 Å². The van der Waals surface area contributed by atoms with E-state index in [1.54, 1.807) is 24.3 Å². The summed E-state index contributed by atoms with van der Waals surface area (Å²) in [7, 11) is 3.03. The number of nitrogens with one attached hydrogen (secondary N) is 2. The Morgan fingerprint density at radius 2 is 2.15 bits per heavy atom. The molecule has 1 heterocycles. The number of carbonyl (C=O) groups is 1. The lowest BCUT2D eigenvalue weighted by Gasteiger charge is -2.11. The number of aromatic nitrogens is 2. The second-order valence-electron chi connectivity index (χ2n) is 4.13. The van der Waals surface area contributed by atoms with Crippen molar-refractivity contribution in [1.82, 2.24) is 10.2 Å². The van der Waals surface area contributed by atoms with E-state index >= 15 is 0 Å². The lowest BCUT2D eigenvalue weighted by atomic mass is 10.1. The van der Waals surface area contributed by atoms with Crippen LogP contribution in [-0.2, 0) is 6.42 Å². The predicted octanol–water partition coefficient (Wildman–Crippen LogP) is 2.24. The van der Waals surface area contributed by atoms with Crippen molar-refractivity contribution in [2.24, 2.45) is 0 Å². The van der Waals surface area contributed by atoms with Crippen molar-refractivity contribution in [3.8, 4) is 11.5 Å². The topological polar surface area (TPSA) is 76.2 Å². The van der Waals surface area contributed by atoms with E-state index in [0.717, 1.165) is 12.1 Å². The highest BCUT2D eigenvalue weighted by Crippen LogP contribution is 2.31. The number of anilines is 1. The van der Waals surface area contributed by atoms with E-state index in [0.29, 0.717) is 22.9 Å². The number of para-hydroxylation sites is 1. The van der Waals surface area contributed by atoms with Crippen LogP contribution in [0.15, 0.2) is 24.3 Å². The van der Waals surface area contributed by atoms with E-state index in [-0.39, 0.29) is 5.91 Å². The van der Waals surface area contributed by atoms with Crippen molar-refractivity contribution >= 4 is 11.7 Å². The molecule has 0 saturated carbocycles. The fourth-order valence-electron chi connectivity index (χ4n) is 1.86. The molecule has 1 aromatic heterocycles. The summed E-state index contributed by atoms with van der Waals surface area (Å²) in [5, 5.41) is 9.59. The molecule has 0 saturated heterocycles. The third-order valence-corrected chi connectivity index (χ3v) is 2.90. The predicted molar refractivity (Wildman–Crippen MR) is 75.5 cm³/mol. The van der Waals surface area contributed by atoms with Gasteiger partial charge in [0.1, 0.15) is 0 Å². The first-order valence-electron chi connectivity index (χ1n) is 6.26. The zero-order valence-electron chi connectivity index (χ0n) is 11.7. The summed E-state index contributed by atoms with van der Waals surface area (Å²) in [6, 6.07) is 6.94. The molecular formula is C14H17N3O3. The molecule has 0 unspecified atom stereocenters. The molecule has 0 fully saturated rings. The molecular weight excluding hydrogens is 258 g/mol. The largest absolute Gasteiger partial charge is 0.493 e. The lowest BCUT2D eigenvalue weighted by Crippen LogP contribution is -2.13. The quantitative estimate of drug-likeness (QED) is 0.877. The number of carbonyl (C=O) groups excluding carboxylic acids is 1. The Hall–Kier alpha value is -2.50. The van der Waals surface area contributed by atoms with Gasteiger partial charge in [-0.05, 0) is 18.6 Å². The molecule has 1 amide bonds. The van der Waals surface area contributed by atoms with Gasteiger partial charge in [0.05, 0.1) is 19.8 Å². The van der Waals surface area contributed by atoms with E-state index in [4.69, 9.17) is 9.47 Å². The number of aromatic amines is 1. The Balaban J connectivity index is 2.24. The van der Waals surface area contributed by atoms with Gasteiger partial charge in [-0.25, -0.2) is 0 Å². The third kappa shape index (κ3) is 2.74. The van der Waals surface area contributed by atoms with Gasteiger partial charge in [0, 0.05) is 11.8 Å². The van der Waals surface area contributed by atoms with Gasteiger partial charge in [0.2, 0.25) is 0 Å². The maximum atomic E-state index is 12.3. The summed E-state index contributed by atoms with van der Waals surface area (Å²) in [4.78, 5) is 12.3. The van der Waals surface area contributed by atoms with Crippen LogP contribution >= 0.6 is 0 Å². The smallest absolute Gasteiger partial charge is 0.260 e. The van der Waals surface area contributed by atoms with Gasteiger partial charge >= 0.3 is 0 Å². The van der Waals surface area contributed by atoms with E-state index < -0.39 is 0 Å². The van der Waals surface area contributed by atoms with E-state index in [9.17, 15) is 4.79 Å². The number of benzene rings is 1. The van der Waals surface area contributed by atoms with E-state index in [2.05, 4.69) is 15.5 Å². The van der Waals surface area contributed by atoms with Gasteiger partial charge in [-0.1, -0.05) is 13.0 Å². The minimum Gasteiger partial charge on any atom is -0.493 e. The molecule has 0 radical (unpaired) electrons. The first-order valence-corrected chi connectivity index (χ1v) is 6.26. The molecule has 2 N–H and O–H groups in total. The van der Waals surface area contributed by atoms with E-state index in [1.807, 2.05) is 6.92 Å². The Morgan fingerprint density at radius 3 is 2.75 bits per heavy atom. The van der Waals surface area contributed by atoms with Crippen LogP contribution in [0.4, 0.5) is 5.82 Å². The van der Waals surface area contributed by atoms with Gasteiger partial charge < -0.3 is 14.8 Å². The van der Waals surface area contributed by atoms with Crippen LogP contribution in [0.2, 0.25) is 0 Å². The average molecular weight is 275 g/mol. The first kappa shape index (κ1) is 13.9. The number of nitrogens with zero attached hydrogens (tertiary/aromatic N) is 1. The van der Waals surface area contributed by atoms with Crippen LogP contribution in [0.25, 0.3) is 0 Å². The van der Waals surface area contributed by atoms with Crippen molar-refractivity contribution in [1.29, 1.82) is 0 Å². The number of ether oxygens (including phenoxy) is 2. The summed E-state index contributed by atoms with van der Waals surface area (Å²) in [6.07, 6.45) is 0.825. The lowest BCUT2D eigenvalue weighted by molar-refractivity contribution is 0.102. The number of aryl methyl sites for hydroxylation is 1. The Bertz CT molecular complexity index is 607. The van der Waals surface area contributed by atoms with E-state index in [1.165, 1.54) is 14.2 Å². The summed E-state index contributed by atoms with van der Waals surface area (Å²) < 4.78 is 10.4. The minimum absolute atomic E-state index is 0.296. The molecule has 2 aromatic rings. The highest BCUT2D eigenvalue weighted by Gasteiger charge is 2.17. The molecule has 1 aromatic carbocycles. The molecule has 0 spiro atoms. The normalized spacial score (nSPS) is 10.2. The molecule has 0 atom stereocenters. The number of rotatable bonds is 5. The minimum atomic E-state index is -0.296. The van der Waals surface area contributed by atoms with Gasteiger partial charge in [-0.15, -0.1) is 0 Å². The van der Waals surface area contributed by atoms with Crippen molar-refractivity contribution in [2.45, 2.75) is 13.3 Å². The van der Waals surface area contributed by atoms with Crippen LogP contribution in [0.5, 0.6) is 11.5 Å². The van der Waals surface area contributed by atoms with Gasteiger partial charge in [-0.2, -0.15) is 5.10 Å². The standard InChI is InChI=1S/C14H17N3O3/c1-4-9-8-12(17-16-9)15-14(18)10-6-5-7-11(19-2)13(10)20-3/h5-8H,4H2,1-3H3,(H2,15,16,17,18). The zero-order valence-corrected chi connectivity index (χ0v) is 11.7. The average Bonchev–Trinajstić information content (AvgIpc) is 2.93. The zero-order chi connectivity index (χ0) is 14.5. The van der Waals surface area contributed by atoms with Crippen LogP contribution < -0.4 is 14.8 Å². The second kappa shape index (κ2) is 6.10. The van der Waals surface area contributed by atoms with Gasteiger partial charge in [0.15, 0.2) is 17.3 Å². The molecule has 6 heteroatoms. The number of H-pyrrole nitrogens is 1. The number of amides is 1. The highest BCUT2D eigenvalue weighted by atomic mass is 16.5. The van der Waals surface area contributed by atoms with Crippen LogP contribution in [0, 0.1) is 0 Å². The first-order chi connectivity index (χ1) is 9.69. The molecule has 0 bridgehead atoms. The molecule has 2 rings (SSSR count). The summed E-state index contributed by atoms with van der Waals surface area (Å²) >= 11 is 0. The maximum absolute atomic E-state index is 12.3. The molecule has 106 valence electrons. The highest BCUT2D eigenvalue weighted by molar-refractivity contribution is 6.06. The number of hydrogen-bond donors (Lipinski definition) is 2. The van der Waals surface area contributed by atoms with Gasteiger partial charge in [0.25, 0.3) is 5.91 Å². The van der Waals surface area contributed by atoms with Crippen LogP contribution in [0.1, 0.15) is 23.0 Å². The third-order valence-electron chi connectivity index (χ3n) is 2.90. The number of hydrogen-bond acceptors (Lipinski definition) is 4. The molecule has 6 nitrogen and oxygen atoms in total. The van der Waals surface area contributed by atoms with Gasteiger partial charge in [-0.3, -0.25) is 9.89 Å². The van der Waals surface area contributed by atoms with Crippen LogP contribution in [0.3, 0.4) is 0 Å². The Labute approximate surface area is 117 Å². The van der Waals surface area contributed by atoms with Crippen molar-refractivity contribution in [3.05, 3.63) is 35.5 Å². The van der Waals surface area contributed by atoms with Crippen molar-refractivity contribution < 1.29 is 14.3 Å². The monoisotopic (exact) mass is 275 g/mol. The Morgan fingerprint density at radius 1 is 1.35 bits per heavy atom. The second-order valence-corrected chi connectivity index (χ2v) is 4.13. The SMILES string of the molecule is CCc1cc(NC(=O)c2cccc(OC)c2OC)n[nH]1. The fourth-order valence-corrected chi connectivity index (χ4v) is 1.86.